The Morgan fingerprint density at radius 2 is 0.750 bits per heavy atom. The van der Waals surface area contributed by atoms with E-state index < -0.39 is 35.8 Å². The van der Waals surface area contributed by atoms with Crippen molar-refractivity contribution in [2.24, 2.45) is 0 Å². The van der Waals surface area contributed by atoms with E-state index in [0.29, 0.717) is 61.3 Å². The van der Waals surface area contributed by atoms with E-state index in [1.165, 1.54) is 24.3 Å². The van der Waals surface area contributed by atoms with Gasteiger partial charge in [-0.2, -0.15) is 0 Å². The molecule has 0 bridgehead atoms. The zero-order valence-electron chi connectivity index (χ0n) is 35.3. The van der Waals surface area contributed by atoms with Gasteiger partial charge in [0.1, 0.15) is 43.7 Å². The predicted octanol–water partition coefficient (Wildman–Crippen LogP) is 7.99. The molecule has 0 unspecified atom stereocenters. The first kappa shape index (κ1) is 49.1. The van der Waals surface area contributed by atoms with Gasteiger partial charge in [-0.1, -0.05) is 37.4 Å². The standard InChI is InChI=1S/C49H50O15/c1-3-43(50)58-31-33-60-45(52)11-7-5-9-29-57-40-23-19-38(20-24-40)48(55)64-42-27-21-39(22-28-42)49(56)63-41-25-17-36(18-26-41)35-13-15-37(16-14-35)47(54)62-30-10-6-8-12-46(53)61-34-32-59-44(51)4-2/h3-4,13-28H,1-2,5-12,29-34H2. The molecule has 15 nitrogen and oxygen atoms in total. The Bertz CT molecular complexity index is 2180. The molecule has 4 rings (SSSR count). The smallest absolute Gasteiger partial charge is 0.343 e. The van der Waals surface area contributed by atoms with Crippen LogP contribution < -0.4 is 14.2 Å². The third-order valence-electron chi connectivity index (χ3n) is 8.98. The molecule has 15 heteroatoms. The minimum Gasteiger partial charge on any atom is -0.494 e. The largest absolute Gasteiger partial charge is 0.494 e. The van der Waals surface area contributed by atoms with E-state index in [0.717, 1.165) is 29.7 Å². The fraction of sp³-hybridized carbons (Fsp3) is 0.286. The number of hydrogen-bond donors (Lipinski definition) is 0. The molecule has 4 aromatic rings. The average molecular weight is 879 g/mol. The second-order valence-electron chi connectivity index (χ2n) is 13.7. The van der Waals surface area contributed by atoms with E-state index in [1.807, 2.05) is 0 Å². The van der Waals surface area contributed by atoms with Gasteiger partial charge in [0.25, 0.3) is 0 Å². The highest BCUT2D eigenvalue weighted by Crippen LogP contribution is 2.24. The van der Waals surface area contributed by atoms with Gasteiger partial charge in [-0.15, -0.1) is 0 Å². The maximum atomic E-state index is 12.9. The van der Waals surface area contributed by atoms with Crippen molar-refractivity contribution in [1.29, 1.82) is 0 Å². The van der Waals surface area contributed by atoms with Crippen molar-refractivity contribution in [2.45, 2.75) is 51.4 Å². The molecule has 0 aliphatic carbocycles. The number of hydrogen-bond acceptors (Lipinski definition) is 15. The molecule has 0 saturated heterocycles. The van der Waals surface area contributed by atoms with Crippen LogP contribution in [0.4, 0.5) is 0 Å². The maximum absolute atomic E-state index is 12.9. The monoisotopic (exact) mass is 878 g/mol. The van der Waals surface area contributed by atoms with Crippen LogP contribution in [-0.4, -0.2) is 81.4 Å². The van der Waals surface area contributed by atoms with E-state index in [4.69, 9.17) is 37.9 Å². The molecule has 0 radical (unpaired) electrons. The van der Waals surface area contributed by atoms with Gasteiger partial charge in [-0.3, -0.25) is 9.59 Å². The van der Waals surface area contributed by atoms with Gasteiger partial charge in [0.2, 0.25) is 0 Å². The van der Waals surface area contributed by atoms with Crippen LogP contribution in [0.25, 0.3) is 11.1 Å². The molecule has 0 saturated carbocycles. The molecule has 336 valence electrons. The van der Waals surface area contributed by atoms with Gasteiger partial charge in [-0.25, -0.2) is 24.0 Å². The van der Waals surface area contributed by atoms with Gasteiger partial charge in [0.15, 0.2) is 0 Å². The van der Waals surface area contributed by atoms with Crippen LogP contribution in [0.15, 0.2) is 122 Å². The highest BCUT2D eigenvalue weighted by atomic mass is 16.6. The lowest BCUT2D eigenvalue weighted by atomic mass is 10.0. The first-order valence-electron chi connectivity index (χ1n) is 20.6. The maximum Gasteiger partial charge on any atom is 0.343 e. The van der Waals surface area contributed by atoms with Gasteiger partial charge < -0.3 is 37.9 Å². The minimum atomic E-state index is -0.601. The quantitative estimate of drug-likeness (QED) is 0.0184. The first-order chi connectivity index (χ1) is 31.0. The van der Waals surface area contributed by atoms with Crippen molar-refractivity contribution in [3.05, 3.63) is 139 Å². The van der Waals surface area contributed by atoms with Gasteiger partial charge >= 0.3 is 41.8 Å². The number of benzene rings is 4. The fourth-order valence-electron chi connectivity index (χ4n) is 5.58. The molecule has 64 heavy (non-hydrogen) atoms. The van der Waals surface area contributed by atoms with E-state index in [9.17, 15) is 33.6 Å². The van der Waals surface area contributed by atoms with Crippen molar-refractivity contribution in [1.82, 2.24) is 0 Å². The molecule has 0 spiro atoms. The molecule has 0 aromatic heterocycles. The summed E-state index contributed by atoms with van der Waals surface area (Å²) in [5, 5.41) is 0. The van der Waals surface area contributed by atoms with E-state index in [1.54, 1.807) is 72.8 Å². The van der Waals surface area contributed by atoms with Crippen LogP contribution in [0.1, 0.15) is 82.4 Å². The number of esters is 7. The summed E-state index contributed by atoms with van der Waals surface area (Å²) in [5.74, 6) is -2.44. The molecule has 0 N–H and O–H groups in total. The summed E-state index contributed by atoms with van der Waals surface area (Å²) in [6.45, 7) is 7.11. The number of carbonyl (C=O) groups excluding carboxylic acids is 7. The topological polar surface area (TPSA) is 193 Å². The van der Waals surface area contributed by atoms with Gasteiger partial charge in [0.05, 0.1) is 29.9 Å². The van der Waals surface area contributed by atoms with E-state index in [-0.39, 0.29) is 63.2 Å². The summed E-state index contributed by atoms with van der Waals surface area (Å²) < 4.78 is 41.6. The lowest BCUT2D eigenvalue weighted by Crippen LogP contribution is -2.12. The number of unbranched alkanes of at least 4 members (excludes halogenated alkanes) is 4. The van der Waals surface area contributed by atoms with Crippen molar-refractivity contribution < 1.29 is 71.5 Å². The molecule has 0 atom stereocenters. The summed E-state index contributed by atoms with van der Waals surface area (Å²) >= 11 is 0. The molecule has 0 heterocycles. The Morgan fingerprint density at radius 1 is 0.375 bits per heavy atom. The molecular formula is C49H50O15. The SMILES string of the molecule is C=CC(=O)OCCOC(=O)CCCCCOC(=O)c1ccc(-c2ccc(OC(=O)c3ccc(OC(=O)c4ccc(OCCCCCC(=O)OCCOC(=O)C=C)cc4)cc3)cc2)cc1. The first-order valence-corrected chi connectivity index (χ1v) is 20.6. The second-order valence-corrected chi connectivity index (χ2v) is 13.7. The van der Waals surface area contributed by atoms with Crippen molar-refractivity contribution >= 4 is 41.8 Å². The van der Waals surface area contributed by atoms with Crippen LogP contribution in [0.5, 0.6) is 17.2 Å². The van der Waals surface area contributed by atoms with Crippen LogP contribution in [0.3, 0.4) is 0 Å². The van der Waals surface area contributed by atoms with Crippen molar-refractivity contribution in [3.8, 4) is 28.4 Å². The normalized spacial score (nSPS) is 10.4. The Labute approximate surface area is 370 Å². The van der Waals surface area contributed by atoms with Crippen molar-refractivity contribution in [3.63, 3.8) is 0 Å². The van der Waals surface area contributed by atoms with Crippen LogP contribution in [-0.2, 0) is 42.9 Å². The number of ether oxygens (including phenoxy) is 8. The third-order valence-corrected chi connectivity index (χ3v) is 8.98. The van der Waals surface area contributed by atoms with Crippen LogP contribution in [0.2, 0.25) is 0 Å². The summed E-state index contributed by atoms with van der Waals surface area (Å²) in [4.78, 5) is 83.5. The number of carbonyl (C=O) groups is 7. The molecular weight excluding hydrogens is 829 g/mol. The fourth-order valence-corrected chi connectivity index (χ4v) is 5.58. The molecule has 0 fully saturated rings. The number of rotatable bonds is 27. The minimum absolute atomic E-state index is 0.00433. The van der Waals surface area contributed by atoms with E-state index in [2.05, 4.69) is 13.2 Å². The second kappa shape index (κ2) is 27.4. The summed E-state index contributed by atoms with van der Waals surface area (Å²) in [7, 11) is 0. The summed E-state index contributed by atoms with van der Waals surface area (Å²) in [6, 6.07) is 26.2. The average Bonchev–Trinajstić information content (AvgIpc) is 3.31. The van der Waals surface area contributed by atoms with Crippen molar-refractivity contribution in [2.75, 3.05) is 39.6 Å². The van der Waals surface area contributed by atoms with Crippen LogP contribution >= 0.6 is 0 Å². The Balaban J connectivity index is 1.10. The molecule has 4 aromatic carbocycles. The molecule has 0 amide bonds. The van der Waals surface area contributed by atoms with Crippen LogP contribution in [0, 0.1) is 0 Å². The lowest BCUT2D eigenvalue weighted by Gasteiger charge is -2.09. The highest BCUT2D eigenvalue weighted by molar-refractivity contribution is 5.93. The van der Waals surface area contributed by atoms with Gasteiger partial charge in [0, 0.05) is 25.0 Å². The molecule has 0 aliphatic heterocycles. The predicted molar refractivity (Wildman–Crippen MR) is 232 cm³/mol. The Hall–Kier alpha value is -7.55. The van der Waals surface area contributed by atoms with Gasteiger partial charge in [-0.05, 0) is 122 Å². The summed E-state index contributed by atoms with van der Waals surface area (Å²) in [5.41, 5.74) is 2.61. The Morgan fingerprint density at radius 3 is 1.22 bits per heavy atom. The third kappa shape index (κ3) is 18.2. The molecule has 0 aliphatic rings. The zero-order chi connectivity index (χ0) is 45.9. The Kier molecular flexibility index (Phi) is 21.0. The highest BCUT2D eigenvalue weighted by Gasteiger charge is 2.14. The van der Waals surface area contributed by atoms with E-state index >= 15 is 0 Å². The zero-order valence-corrected chi connectivity index (χ0v) is 35.3. The lowest BCUT2D eigenvalue weighted by molar-refractivity contribution is -0.149. The summed E-state index contributed by atoms with van der Waals surface area (Å²) in [6.07, 6.45) is 6.39.